The fourth-order valence-corrected chi connectivity index (χ4v) is 7.31. The number of allylic oxidation sites excluding steroid dienone is 6. The lowest BCUT2D eigenvalue weighted by Gasteiger charge is -2.27. The summed E-state index contributed by atoms with van der Waals surface area (Å²) < 4.78 is 68.7. The van der Waals surface area contributed by atoms with Gasteiger partial charge >= 0.3 is 5.97 Å². The number of carboxylic acid groups (broad SMARTS) is 1. The predicted octanol–water partition coefficient (Wildman–Crippen LogP) is 6.02. The van der Waals surface area contributed by atoms with Gasteiger partial charge in [-0.1, -0.05) is 38.5 Å². The largest absolute Gasteiger partial charge is 0.481 e. The Morgan fingerprint density at radius 2 is 1.47 bits per heavy atom. The molecule has 0 spiro atoms. The third-order valence-electron chi connectivity index (χ3n) is 8.64. The number of carboxylic acids is 1. The van der Waals surface area contributed by atoms with Crippen LogP contribution in [-0.2, 0) is 35.9 Å². The zero-order valence-electron chi connectivity index (χ0n) is 26.2. The van der Waals surface area contributed by atoms with Crippen molar-refractivity contribution in [1.29, 1.82) is 0 Å². The fourth-order valence-electron chi connectivity index (χ4n) is 6.29. The van der Waals surface area contributed by atoms with Crippen molar-refractivity contribution in [3.63, 3.8) is 0 Å². The molecule has 2 aliphatic rings. The topological polar surface area (TPSA) is 152 Å². The molecule has 2 aliphatic heterocycles. The quantitative estimate of drug-likeness (QED) is 0.108. The summed E-state index contributed by atoms with van der Waals surface area (Å²) in [6, 6.07) is 9.25. The molecular weight excluding hydrogens is 617 g/mol. The third-order valence-corrected chi connectivity index (χ3v) is 10.3. The van der Waals surface area contributed by atoms with E-state index < -0.39 is 37.0 Å². The number of carbonyl (C=O) groups is 1. The van der Waals surface area contributed by atoms with Crippen molar-refractivity contribution in [2.45, 2.75) is 80.9 Å². The Morgan fingerprint density at radius 3 is 2.07 bits per heavy atom. The molecule has 0 fully saturated rings. The van der Waals surface area contributed by atoms with Gasteiger partial charge in [-0.2, -0.15) is 21.4 Å². The van der Waals surface area contributed by atoms with Crippen LogP contribution in [-0.4, -0.2) is 60.4 Å². The molecule has 0 amide bonds. The number of fused-ring (bicyclic) bond motifs is 2. The van der Waals surface area contributed by atoms with Crippen LogP contribution in [0.1, 0.15) is 71.4 Å². The maximum atomic E-state index is 11.9. The van der Waals surface area contributed by atoms with Crippen LogP contribution in [0.15, 0.2) is 82.3 Å². The van der Waals surface area contributed by atoms with E-state index in [4.69, 9.17) is 5.11 Å². The second-order valence-corrected chi connectivity index (χ2v) is 15.2. The molecule has 0 aromatic heterocycles. The SMILES string of the molecule is CC[N+]1=C(C=CC=CC=C2N(CCCCCC(=O)O)c3ccc(S(=O)(=O)O)cc3C2(C)C)C(C)(C)c2cc(S(=O)(=O)O)ccc21. The van der Waals surface area contributed by atoms with E-state index in [9.17, 15) is 30.7 Å². The summed E-state index contributed by atoms with van der Waals surface area (Å²) >= 11 is 0. The molecule has 2 aromatic carbocycles. The molecular formula is C33H41N2O8S2+. The van der Waals surface area contributed by atoms with Gasteiger partial charge in [0, 0.05) is 47.5 Å². The van der Waals surface area contributed by atoms with Crippen molar-refractivity contribution in [3.8, 4) is 0 Å². The Morgan fingerprint density at radius 1 is 0.844 bits per heavy atom. The number of rotatable bonds is 12. The summed E-state index contributed by atoms with van der Waals surface area (Å²) in [7, 11) is -8.72. The summed E-state index contributed by atoms with van der Waals surface area (Å²) in [6.07, 6.45) is 11.8. The number of nitrogens with zero attached hydrogens (tertiary/aromatic N) is 2. The maximum Gasteiger partial charge on any atom is 0.303 e. The lowest BCUT2D eigenvalue weighted by atomic mass is 9.81. The van der Waals surface area contributed by atoms with Gasteiger partial charge in [0.2, 0.25) is 5.69 Å². The van der Waals surface area contributed by atoms with Gasteiger partial charge < -0.3 is 10.0 Å². The average molecular weight is 658 g/mol. The molecule has 0 saturated heterocycles. The van der Waals surface area contributed by atoms with Crippen molar-refractivity contribution in [1.82, 2.24) is 0 Å². The summed E-state index contributed by atoms with van der Waals surface area (Å²) in [5.74, 6) is -0.827. The van der Waals surface area contributed by atoms with Crippen molar-refractivity contribution in [2.24, 2.45) is 0 Å². The minimum Gasteiger partial charge on any atom is -0.481 e. The van der Waals surface area contributed by atoms with Gasteiger partial charge in [0.15, 0.2) is 5.71 Å². The van der Waals surface area contributed by atoms with Crippen LogP contribution in [0.4, 0.5) is 11.4 Å². The van der Waals surface area contributed by atoms with Crippen molar-refractivity contribution >= 4 is 43.3 Å². The van der Waals surface area contributed by atoms with Gasteiger partial charge in [-0.05, 0) is 75.6 Å². The fraction of sp³-hybridized carbons (Fsp3) is 0.394. The van der Waals surface area contributed by atoms with Crippen LogP contribution < -0.4 is 4.90 Å². The summed E-state index contributed by atoms with van der Waals surface area (Å²) in [4.78, 5) is 12.7. The number of hydrogen-bond acceptors (Lipinski definition) is 6. The molecule has 12 heteroatoms. The normalized spacial score (nSPS) is 18.4. The van der Waals surface area contributed by atoms with Gasteiger partial charge in [0.05, 0.1) is 15.2 Å². The van der Waals surface area contributed by atoms with Crippen molar-refractivity contribution < 1.29 is 40.4 Å². The van der Waals surface area contributed by atoms with Gasteiger partial charge in [0.1, 0.15) is 6.54 Å². The highest BCUT2D eigenvalue weighted by molar-refractivity contribution is 7.86. The predicted molar refractivity (Wildman–Crippen MR) is 174 cm³/mol. The highest BCUT2D eigenvalue weighted by atomic mass is 32.2. The first-order valence-electron chi connectivity index (χ1n) is 14.8. The van der Waals surface area contributed by atoms with E-state index in [0.717, 1.165) is 46.8 Å². The first-order valence-corrected chi connectivity index (χ1v) is 17.7. The van der Waals surface area contributed by atoms with E-state index in [1.54, 1.807) is 12.1 Å². The number of aliphatic carboxylic acids is 1. The van der Waals surface area contributed by atoms with Gasteiger partial charge in [-0.15, -0.1) is 0 Å². The Labute approximate surface area is 265 Å². The molecule has 10 nitrogen and oxygen atoms in total. The van der Waals surface area contributed by atoms with Crippen LogP contribution >= 0.6 is 0 Å². The lowest BCUT2D eigenvalue weighted by molar-refractivity contribution is -0.433. The Balaban J connectivity index is 1.63. The molecule has 242 valence electrons. The molecule has 2 aromatic rings. The molecule has 3 N–H and O–H groups in total. The number of unbranched alkanes of at least 4 members (excludes halogenated alkanes) is 2. The molecule has 0 aliphatic carbocycles. The monoisotopic (exact) mass is 657 g/mol. The molecule has 0 saturated carbocycles. The van der Waals surface area contributed by atoms with Crippen molar-refractivity contribution in [2.75, 3.05) is 18.0 Å². The number of hydrogen-bond donors (Lipinski definition) is 3. The molecule has 0 unspecified atom stereocenters. The van der Waals surface area contributed by atoms with E-state index in [1.807, 2.05) is 65.0 Å². The average Bonchev–Trinajstić information content (AvgIpc) is 3.29. The number of anilines is 1. The Bertz CT molecular complexity index is 1850. The Kier molecular flexibility index (Phi) is 9.65. The first-order chi connectivity index (χ1) is 20.9. The van der Waals surface area contributed by atoms with Crippen molar-refractivity contribution in [3.05, 3.63) is 83.6 Å². The standard InChI is InChI=1S/C33H40N2O8S2/c1-6-34-27-18-16-23(44(38,39)40)21-25(27)32(2,3)29(34)13-9-7-10-14-30-33(4,5)26-22-24(45(41,42)43)17-19-28(26)35(30)20-12-8-11-15-31(36)37/h7,9-10,13-14,16-19,21-22H,6,8,11-12,15,20H2,1-5H3,(H2-,36,37,38,39,40,41,42,43)/p+1. The van der Waals surface area contributed by atoms with Crippen LogP contribution in [0.2, 0.25) is 0 Å². The van der Waals surface area contributed by atoms with Crippen LogP contribution in [0.3, 0.4) is 0 Å². The summed E-state index contributed by atoms with van der Waals surface area (Å²) in [5, 5.41) is 8.97. The Hall–Kier alpha value is -3.58. The molecule has 4 rings (SSSR count). The summed E-state index contributed by atoms with van der Waals surface area (Å²) in [5.41, 5.74) is 4.09. The number of benzene rings is 2. The molecule has 0 radical (unpaired) electrons. The van der Waals surface area contributed by atoms with E-state index in [2.05, 4.69) is 9.48 Å². The van der Waals surface area contributed by atoms with E-state index >= 15 is 0 Å². The molecule has 45 heavy (non-hydrogen) atoms. The second kappa shape index (κ2) is 12.7. The lowest BCUT2D eigenvalue weighted by Crippen LogP contribution is -2.27. The van der Waals surface area contributed by atoms with E-state index in [0.29, 0.717) is 19.5 Å². The van der Waals surface area contributed by atoms with Gasteiger partial charge in [-0.25, -0.2) is 0 Å². The summed E-state index contributed by atoms with van der Waals surface area (Å²) in [6.45, 7) is 11.3. The van der Waals surface area contributed by atoms with E-state index in [-0.39, 0.29) is 16.2 Å². The first kappa shape index (κ1) is 34.3. The smallest absolute Gasteiger partial charge is 0.303 e. The highest BCUT2D eigenvalue weighted by Crippen LogP contribution is 2.48. The third kappa shape index (κ3) is 6.99. The van der Waals surface area contributed by atoms with Gasteiger partial charge in [0.25, 0.3) is 20.2 Å². The van der Waals surface area contributed by atoms with E-state index in [1.165, 1.54) is 24.3 Å². The highest BCUT2D eigenvalue weighted by Gasteiger charge is 2.44. The molecule has 0 atom stereocenters. The molecule has 0 bridgehead atoms. The van der Waals surface area contributed by atoms with Gasteiger partial charge in [-0.3, -0.25) is 13.9 Å². The zero-order chi connectivity index (χ0) is 33.4. The van der Waals surface area contributed by atoms with Crippen LogP contribution in [0, 0.1) is 0 Å². The zero-order valence-corrected chi connectivity index (χ0v) is 27.8. The second-order valence-electron chi connectivity index (χ2n) is 12.3. The molecule has 2 heterocycles. The maximum absolute atomic E-state index is 11.9. The minimum absolute atomic E-state index is 0.107. The van der Waals surface area contributed by atoms with Crippen LogP contribution in [0.5, 0.6) is 0 Å². The van der Waals surface area contributed by atoms with Crippen LogP contribution in [0.25, 0.3) is 0 Å². The minimum atomic E-state index is -4.39.